The topological polar surface area (TPSA) is 103 Å². The summed E-state index contributed by atoms with van der Waals surface area (Å²) < 4.78 is 0. The van der Waals surface area contributed by atoms with E-state index in [1.807, 2.05) is 35.4 Å². The molecule has 1 unspecified atom stereocenters. The van der Waals surface area contributed by atoms with Gasteiger partial charge >= 0.3 is 0 Å². The molecule has 9 heteroatoms. The van der Waals surface area contributed by atoms with Gasteiger partial charge in [0, 0.05) is 48.2 Å². The standard InChI is InChI=1S/C22H23ClN6O2/c23-16-12-25-22(28-20(16)15-11-24-17-4-2-1-3-14(15)17)26-13-7-9-29(10-8-13)21(31)18-5-6-19(30)27-18/h1-4,11-13,18,24H,5-10H2,(H,27,30)(H,25,26,28). The van der Waals surface area contributed by atoms with E-state index in [1.54, 1.807) is 6.20 Å². The van der Waals surface area contributed by atoms with E-state index in [4.69, 9.17) is 11.6 Å². The maximum atomic E-state index is 12.6. The lowest BCUT2D eigenvalue weighted by Crippen LogP contribution is -2.49. The van der Waals surface area contributed by atoms with Crippen LogP contribution in [-0.4, -0.2) is 56.8 Å². The summed E-state index contributed by atoms with van der Waals surface area (Å²) in [7, 11) is 0. The van der Waals surface area contributed by atoms with Crippen LogP contribution >= 0.6 is 11.6 Å². The molecule has 0 spiro atoms. The maximum Gasteiger partial charge on any atom is 0.245 e. The van der Waals surface area contributed by atoms with Gasteiger partial charge in [0.25, 0.3) is 0 Å². The van der Waals surface area contributed by atoms with E-state index in [0.29, 0.717) is 42.6 Å². The Morgan fingerprint density at radius 1 is 1.19 bits per heavy atom. The summed E-state index contributed by atoms with van der Waals surface area (Å²) in [6, 6.07) is 7.81. The molecule has 2 aromatic heterocycles. The lowest BCUT2D eigenvalue weighted by atomic mass is 10.0. The van der Waals surface area contributed by atoms with Gasteiger partial charge in [-0.05, 0) is 25.3 Å². The fourth-order valence-electron chi connectivity index (χ4n) is 4.34. The lowest BCUT2D eigenvalue weighted by Gasteiger charge is -2.33. The van der Waals surface area contributed by atoms with Gasteiger partial charge < -0.3 is 20.5 Å². The molecule has 0 aliphatic carbocycles. The Kier molecular flexibility index (Phi) is 5.23. The molecule has 31 heavy (non-hydrogen) atoms. The minimum Gasteiger partial charge on any atom is -0.360 e. The van der Waals surface area contributed by atoms with Crippen LogP contribution in [0.3, 0.4) is 0 Å². The predicted octanol–water partition coefficient (Wildman–Crippen LogP) is 2.96. The number of carbonyl (C=O) groups excluding carboxylic acids is 2. The first-order valence-electron chi connectivity index (χ1n) is 10.5. The molecule has 160 valence electrons. The second-order valence-electron chi connectivity index (χ2n) is 8.04. The first-order chi connectivity index (χ1) is 15.1. The number of aromatic amines is 1. The number of amides is 2. The highest BCUT2D eigenvalue weighted by atomic mass is 35.5. The molecule has 2 fully saturated rings. The lowest BCUT2D eigenvalue weighted by molar-refractivity contribution is -0.135. The van der Waals surface area contributed by atoms with Crippen LogP contribution in [0.4, 0.5) is 5.95 Å². The van der Waals surface area contributed by atoms with Gasteiger partial charge in [-0.2, -0.15) is 0 Å². The number of carbonyl (C=O) groups is 2. The summed E-state index contributed by atoms with van der Waals surface area (Å²) in [5.74, 6) is 0.506. The van der Waals surface area contributed by atoms with Gasteiger partial charge in [0.15, 0.2) is 0 Å². The summed E-state index contributed by atoms with van der Waals surface area (Å²) in [6.07, 6.45) is 6.14. The minimum absolute atomic E-state index is 0.0219. The maximum absolute atomic E-state index is 12.6. The van der Waals surface area contributed by atoms with Crippen LogP contribution in [0.5, 0.6) is 0 Å². The molecule has 3 aromatic rings. The number of nitrogens with zero attached hydrogens (tertiary/aromatic N) is 3. The zero-order valence-corrected chi connectivity index (χ0v) is 17.7. The van der Waals surface area contributed by atoms with Crippen molar-refractivity contribution in [2.75, 3.05) is 18.4 Å². The van der Waals surface area contributed by atoms with Crippen molar-refractivity contribution in [2.45, 2.75) is 37.8 Å². The predicted molar refractivity (Wildman–Crippen MR) is 119 cm³/mol. The molecule has 2 amide bonds. The SMILES string of the molecule is O=C1CCC(C(=O)N2CCC(Nc3ncc(Cl)c(-c4c[nH]c5ccccc45)n3)CC2)N1. The number of rotatable bonds is 4. The number of fused-ring (bicyclic) bond motifs is 1. The summed E-state index contributed by atoms with van der Waals surface area (Å²) in [5.41, 5.74) is 2.64. The zero-order chi connectivity index (χ0) is 21.4. The van der Waals surface area contributed by atoms with Gasteiger partial charge in [-0.25, -0.2) is 9.97 Å². The molecule has 0 bridgehead atoms. The van der Waals surface area contributed by atoms with E-state index in [1.165, 1.54) is 0 Å². The fourth-order valence-corrected chi connectivity index (χ4v) is 4.53. The number of halogens is 1. The van der Waals surface area contributed by atoms with Crippen molar-refractivity contribution in [3.63, 3.8) is 0 Å². The van der Waals surface area contributed by atoms with Crippen LogP contribution in [0.1, 0.15) is 25.7 Å². The average Bonchev–Trinajstić information content (AvgIpc) is 3.41. The number of piperidine rings is 1. The number of hydrogen-bond donors (Lipinski definition) is 3. The van der Waals surface area contributed by atoms with Crippen LogP contribution in [0.15, 0.2) is 36.7 Å². The molecular formula is C22H23ClN6O2. The summed E-state index contributed by atoms with van der Waals surface area (Å²) in [6.45, 7) is 1.29. The van der Waals surface area contributed by atoms with Gasteiger partial charge in [0.2, 0.25) is 17.8 Å². The van der Waals surface area contributed by atoms with Gasteiger partial charge in [0.05, 0.1) is 16.9 Å². The average molecular weight is 439 g/mol. The molecule has 5 rings (SSSR count). The highest BCUT2D eigenvalue weighted by Crippen LogP contribution is 2.32. The van der Waals surface area contributed by atoms with Crippen LogP contribution < -0.4 is 10.6 Å². The number of anilines is 1. The minimum atomic E-state index is -0.365. The number of nitrogens with one attached hydrogen (secondary N) is 3. The Bertz CT molecular complexity index is 1140. The summed E-state index contributed by atoms with van der Waals surface area (Å²) >= 11 is 6.42. The van der Waals surface area contributed by atoms with E-state index >= 15 is 0 Å². The fraction of sp³-hybridized carbons (Fsp3) is 0.364. The quantitative estimate of drug-likeness (QED) is 0.581. The third-order valence-electron chi connectivity index (χ3n) is 6.02. The van der Waals surface area contributed by atoms with Gasteiger partial charge in [0.1, 0.15) is 6.04 Å². The third kappa shape index (κ3) is 3.95. The van der Waals surface area contributed by atoms with E-state index < -0.39 is 0 Å². The van der Waals surface area contributed by atoms with E-state index in [9.17, 15) is 9.59 Å². The van der Waals surface area contributed by atoms with Crippen molar-refractivity contribution in [1.29, 1.82) is 0 Å². The molecule has 0 radical (unpaired) electrons. The highest BCUT2D eigenvalue weighted by molar-refractivity contribution is 6.33. The smallest absolute Gasteiger partial charge is 0.245 e. The van der Waals surface area contributed by atoms with Gasteiger partial charge in [-0.1, -0.05) is 29.8 Å². The molecule has 2 aliphatic rings. The van der Waals surface area contributed by atoms with Crippen LogP contribution in [0.25, 0.3) is 22.2 Å². The van der Waals surface area contributed by atoms with Crippen LogP contribution in [-0.2, 0) is 9.59 Å². The van der Waals surface area contributed by atoms with E-state index in [-0.39, 0.29) is 23.9 Å². The van der Waals surface area contributed by atoms with E-state index in [2.05, 4.69) is 25.6 Å². The van der Waals surface area contributed by atoms with Crippen molar-refractivity contribution in [3.05, 3.63) is 41.7 Å². The Morgan fingerprint density at radius 2 is 2.00 bits per heavy atom. The zero-order valence-electron chi connectivity index (χ0n) is 16.9. The first-order valence-corrected chi connectivity index (χ1v) is 10.9. The normalized spacial score (nSPS) is 19.6. The molecule has 3 N–H and O–H groups in total. The number of H-pyrrole nitrogens is 1. The van der Waals surface area contributed by atoms with E-state index in [0.717, 1.165) is 29.3 Å². The molecule has 2 saturated heterocycles. The molecule has 1 atom stereocenters. The monoisotopic (exact) mass is 438 g/mol. The van der Waals surface area contributed by atoms with Gasteiger partial charge in [-0.3, -0.25) is 9.59 Å². The number of benzene rings is 1. The summed E-state index contributed by atoms with van der Waals surface area (Å²) in [5, 5.41) is 7.70. The Labute approximate surface area is 184 Å². The Balaban J connectivity index is 1.26. The van der Waals surface area contributed by atoms with Crippen molar-refractivity contribution in [3.8, 4) is 11.3 Å². The number of hydrogen-bond acceptors (Lipinski definition) is 5. The Hall–Kier alpha value is -3.13. The Morgan fingerprint density at radius 3 is 2.77 bits per heavy atom. The first kappa shape index (κ1) is 19.8. The molecule has 4 heterocycles. The number of para-hydroxylation sites is 1. The molecule has 0 saturated carbocycles. The third-order valence-corrected chi connectivity index (χ3v) is 6.30. The number of likely N-dealkylation sites (tertiary alicyclic amines) is 1. The molecular weight excluding hydrogens is 416 g/mol. The van der Waals surface area contributed by atoms with Crippen molar-refractivity contribution in [2.24, 2.45) is 0 Å². The van der Waals surface area contributed by atoms with Crippen LogP contribution in [0, 0.1) is 0 Å². The van der Waals surface area contributed by atoms with Crippen molar-refractivity contribution >= 4 is 40.3 Å². The van der Waals surface area contributed by atoms with Gasteiger partial charge in [-0.15, -0.1) is 0 Å². The highest BCUT2D eigenvalue weighted by Gasteiger charge is 2.32. The van der Waals surface area contributed by atoms with Crippen LogP contribution in [0.2, 0.25) is 5.02 Å². The molecule has 2 aliphatic heterocycles. The second-order valence-corrected chi connectivity index (χ2v) is 8.45. The van der Waals surface area contributed by atoms with Crippen molar-refractivity contribution < 1.29 is 9.59 Å². The van der Waals surface area contributed by atoms with Crippen molar-refractivity contribution in [1.82, 2.24) is 25.2 Å². The molecule has 8 nitrogen and oxygen atoms in total. The summed E-state index contributed by atoms with van der Waals surface area (Å²) in [4.78, 5) is 38.1. The molecule has 1 aromatic carbocycles. The second kappa shape index (κ2) is 8.19. The largest absolute Gasteiger partial charge is 0.360 e. The number of aromatic nitrogens is 3.